The van der Waals surface area contributed by atoms with E-state index in [4.69, 9.17) is 29.7 Å². The second kappa shape index (κ2) is 68.5. The van der Waals surface area contributed by atoms with Gasteiger partial charge < -0.3 is 62.6 Å². The molecule has 121 valence electrons. The molecule has 0 bridgehead atoms. The molecule has 0 aliphatic rings. The summed E-state index contributed by atoms with van der Waals surface area (Å²) in [6.45, 7) is 2.92. The SMILES string of the molecule is CC(=O)[O-].CC(=O)[O-].CC(=O)[O-].O.O.O.O.O.O.[Ti+3]. The van der Waals surface area contributed by atoms with Gasteiger partial charge in [-0.1, -0.05) is 0 Å². The van der Waals surface area contributed by atoms with Gasteiger partial charge in [0.05, 0.1) is 0 Å². The molecule has 0 aliphatic carbocycles. The van der Waals surface area contributed by atoms with E-state index < -0.39 is 17.9 Å². The molecule has 0 saturated heterocycles. The van der Waals surface area contributed by atoms with E-state index >= 15 is 0 Å². The fourth-order valence-corrected chi connectivity index (χ4v) is 0. The van der Waals surface area contributed by atoms with Crippen molar-refractivity contribution in [3.8, 4) is 0 Å². The van der Waals surface area contributed by atoms with Gasteiger partial charge in [0.1, 0.15) is 0 Å². The first kappa shape index (κ1) is 82.0. The molecule has 0 rings (SSSR count). The van der Waals surface area contributed by atoms with Crippen LogP contribution in [0.5, 0.6) is 0 Å². The topological polar surface area (TPSA) is 309 Å². The monoisotopic (exact) mass is 333 g/mol. The van der Waals surface area contributed by atoms with Crippen LogP contribution < -0.4 is 15.3 Å². The summed E-state index contributed by atoms with van der Waals surface area (Å²) in [7, 11) is 0. The normalized spacial score (nSPS) is 3.95. The molecular formula is C6H21O12Ti. The molecule has 0 spiro atoms. The van der Waals surface area contributed by atoms with Crippen LogP contribution in [0.2, 0.25) is 0 Å². The Bertz CT molecular complexity index is 120. The number of rotatable bonds is 0. The molecular weight excluding hydrogens is 312 g/mol. The molecule has 12 nitrogen and oxygen atoms in total. The molecule has 0 aromatic rings. The van der Waals surface area contributed by atoms with E-state index in [0.29, 0.717) is 0 Å². The summed E-state index contributed by atoms with van der Waals surface area (Å²) in [4.78, 5) is 26.7. The Morgan fingerprint density at radius 2 is 0.526 bits per heavy atom. The van der Waals surface area contributed by atoms with Gasteiger partial charge in [-0.25, -0.2) is 0 Å². The van der Waals surface area contributed by atoms with E-state index in [1.807, 2.05) is 0 Å². The van der Waals surface area contributed by atoms with Crippen molar-refractivity contribution in [2.24, 2.45) is 0 Å². The van der Waals surface area contributed by atoms with E-state index in [1.54, 1.807) is 0 Å². The van der Waals surface area contributed by atoms with Gasteiger partial charge in [-0.2, -0.15) is 0 Å². The summed E-state index contributed by atoms with van der Waals surface area (Å²) in [6, 6.07) is 0. The molecule has 12 N–H and O–H groups in total. The summed E-state index contributed by atoms with van der Waals surface area (Å²) in [5, 5.41) is 26.7. The van der Waals surface area contributed by atoms with E-state index in [1.165, 1.54) is 0 Å². The van der Waals surface area contributed by atoms with Crippen molar-refractivity contribution >= 4 is 17.9 Å². The second-order valence-corrected chi connectivity index (χ2v) is 1.47. The number of carboxylic acids is 3. The minimum atomic E-state index is -1.08. The summed E-state index contributed by atoms with van der Waals surface area (Å²) in [5.74, 6) is -3.25. The van der Waals surface area contributed by atoms with E-state index in [9.17, 15) is 0 Å². The van der Waals surface area contributed by atoms with Gasteiger partial charge in [0, 0.05) is 17.9 Å². The van der Waals surface area contributed by atoms with Gasteiger partial charge >= 0.3 is 21.7 Å². The van der Waals surface area contributed by atoms with Gasteiger partial charge in [-0.05, 0) is 20.8 Å². The number of carbonyl (C=O) groups excluding carboxylic acids is 3. The summed E-state index contributed by atoms with van der Waals surface area (Å²) in [5.41, 5.74) is 0. The summed E-state index contributed by atoms with van der Waals surface area (Å²) >= 11 is 0. The van der Waals surface area contributed by atoms with Crippen LogP contribution in [-0.4, -0.2) is 50.8 Å². The third-order valence-electron chi connectivity index (χ3n) is 0. The largest absolute Gasteiger partial charge is 3.00 e. The van der Waals surface area contributed by atoms with Crippen molar-refractivity contribution in [1.82, 2.24) is 0 Å². The summed E-state index contributed by atoms with van der Waals surface area (Å²) in [6.07, 6.45) is 0. The second-order valence-electron chi connectivity index (χ2n) is 1.47. The Hall–Kier alpha value is -1.12. The van der Waals surface area contributed by atoms with Crippen molar-refractivity contribution in [1.29, 1.82) is 0 Å². The number of hydrogen-bond donors (Lipinski definition) is 0. The molecule has 0 aromatic carbocycles. The van der Waals surface area contributed by atoms with Crippen molar-refractivity contribution in [2.75, 3.05) is 0 Å². The molecule has 0 fully saturated rings. The minimum Gasteiger partial charge on any atom is -0.550 e. The number of carboxylic acid groups (broad SMARTS) is 3. The summed E-state index contributed by atoms with van der Waals surface area (Å²) < 4.78 is 0. The van der Waals surface area contributed by atoms with Crippen LogP contribution in [0.4, 0.5) is 0 Å². The number of hydrogen-bond acceptors (Lipinski definition) is 6. The third kappa shape index (κ3) is 3000. The first-order valence-electron chi connectivity index (χ1n) is 2.72. The molecule has 0 heterocycles. The van der Waals surface area contributed by atoms with Crippen LogP contribution in [0, 0.1) is 0 Å². The average Bonchev–Trinajstić information content (AvgIpc) is 1.54. The van der Waals surface area contributed by atoms with Gasteiger partial charge in [0.2, 0.25) is 0 Å². The molecule has 13 heteroatoms. The Morgan fingerprint density at radius 1 is 0.526 bits per heavy atom. The minimum absolute atomic E-state index is 0. The van der Waals surface area contributed by atoms with Crippen LogP contribution >= 0.6 is 0 Å². The first-order chi connectivity index (χ1) is 5.20. The molecule has 19 heavy (non-hydrogen) atoms. The van der Waals surface area contributed by atoms with E-state index in [-0.39, 0.29) is 54.6 Å². The average molecular weight is 333 g/mol. The number of carbonyl (C=O) groups is 3. The molecule has 0 amide bonds. The van der Waals surface area contributed by atoms with Crippen LogP contribution in [0.15, 0.2) is 0 Å². The maximum atomic E-state index is 8.89. The fourth-order valence-electron chi connectivity index (χ4n) is 0. The van der Waals surface area contributed by atoms with E-state index in [2.05, 4.69) is 0 Å². The van der Waals surface area contributed by atoms with Crippen molar-refractivity contribution in [3.63, 3.8) is 0 Å². The molecule has 0 aliphatic heterocycles. The number of aliphatic carboxylic acids is 3. The third-order valence-corrected chi connectivity index (χ3v) is 0. The van der Waals surface area contributed by atoms with Gasteiger partial charge in [-0.15, -0.1) is 0 Å². The standard InChI is InChI=1S/3C2H4O2.6H2O.Ti/c3*1-2(3)4;;;;;;;/h3*1H3,(H,3,4);6*1H2;/q;;;;;;;;;+3/p-3. The maximum Gasteiger partial charge on any atom is 3.00 e. The van der Waals surface area contributed by atoms with Crippen molar-refractivity contribution in [3.05, 3.63) is 0 Å². The van der Waals surface area contributed by atoms with Crippen LogP contribution in [0.1, 0.15) is 20.8 Å². The smallest absolute Gasteiger partial charge is 0.550 e. The Labute approximate surface area is 123 Å². The van der Waals surface area contributed by atoms with Gasteiger partial charge in [0.25, 0.3) is 0 Å². The van der Waals surface area contributed by atoms with Crippen molar-refractivity contribution in [2.45, 2.75) is 20.8 Å². The Balaban J connectivity index is -0.00000000675. The van der Waals surface area contributed by atoms with Crippen LogP contribution in [0.3, 0.4) is 0 Å². The Morgan fingerprint density at radius 3 is 0.526 bits per heavy atom. The molecule has 0 unspecified atom stereocenters. The van der Waals surface area contributed by atoms with Crippen LogP contribution in [0.25, 0.3) is 0 Å². The zero-order chi connectivity index (χ0) is 10.7. The fraction of sp³-hybridized carbons (Fsp3) is 0.500. The van der Waals surface area contributed by atoms with Crippen LogP contribution in [-0.2, 0) is 36.1 Å². The predicted octanol–water partition coefficient (Wildman–Crippen LogP) is -8.68. The zero-order valence-corrected chi connectivity index (χ0v) is 12.0. The van der Waals surface area contributed by atoms with E-state index in [0.717, 1.165) is 20.8 Å². The quantitative estimate of drug-likeness (QED) is 0.387. The van der Waals surface area contributed by atoms with Gasteiger partial charge in [0.15, 0.2) is 0 Å². The molecule has 0 aromatic heterocycles. The molecule has 0 atom stereocenters. The Kier molecular flexibility index (Phi) is 296. The van der Waals surface area contributed by atoms with Crippen molar-refractivity contribution < 1.29 is 84.3 Å². The predicted molar refractivity (Wildman–Crippen MR) is 53.7 cm³/mol. The first-order valence-corrected chi connectivity index (χ1v) is 2.72. The zero-order valence-electron chi connectivity index (χ0n) is 10.4. The van der Waals surface area contributed by atoms with Gasteiger partial charge in [-0.3, -0.25) is 0 Å². The molecule has 0 saturated carbocycles. The molecule has 1 radical (unpaired) electrons. The maximum absolute atomic E-state index is 8.89.